The Hall–Kier alpha value is -4.42. The van der Waals surface area contributed by atoms with E-state index in [0.29, 0.717) is 17.7 Å². The van der Waals surface area contributed by atoms with Gasteiger partial charge in [0.2, 0.25) is 0 Å². The molecule has 1 aliphatic carbocycles. The minimum absolute atomic E-state index is 0.134. The van der Waals surface area contributed by atoms with Gasteiger partial charge in [0.05, 0.1) is 23.4 Å². The molecular weight excluding hydrogens is 503 g/mol. The van der Waals surface area contributed by atoms with Crippen LogP contribution in [0.2, 0.25) is 0 Å². The third-order valence-electron chi connectivity index (χ3n) is 6.27. The molecule has 0 spiro atoms. The Morgan fingerprint density at radius 2 is 1.82 bits per heavy atom. The number of aliphatic imine (C=N–C) groups is 1. The molecule has 0 radical (unpaired) electrons. The van der Waals surface area contributed by atoms with Gasteiger partial charge >= 0.3 is 6.18 Å². The van der Waals surface area contributed by atoms with Gasteiger partial charge in [0.25, 0.3) is 5.91 Å². The highest BCUT2D eigenvalue weighted by Gasteiger charge is 2.32. The maximum Gasteiger partial charge on any atom is 0.430 e. The zero-order chi connectivity index (χ0) is 28.0. The molecule has 4 rings (SSSR count). The molecule has 0 heterocycles. The number of aryl methyl sites for hydroxylation is 1. The summed E-state index contributed by atoms with van der Waals surface area (Å²) in [7, 11) is 0. The smallest absolute Gasteiger partial charge is 0.395 e. The van der Waals surface area contributed by atoms with Gasteiger partial charge in [-0.25, -0.2) is 4.99 Å². The molecule has 1 amide bonds. The number of nitrogens with two attached hydrogens (primary N) is 1. The highest BCUT2D eigenvalue weighted by molar-refractivity contribution is 6.47. The number of nitrogens with zero attached hydrogens (tertiary/aromatic N) is 2. The van der Waals surface area contributed by atoms with Crippen molar-refractivity contribution < 1.29 is 18.0 Å². The summed E-state index contributed by atoms with van der Waals surface area (Å²) in [6, 6.07) is 23.0. The van der Waals surface area contributed by atoms with E-state index >= 15 is 0 Å². The molecule has 3 aromatic carbocycles. The fourth-order valence-corrected chi connectivity index (χ4v) is 3.95. The topological polar surface area (TPSA) is 103 Å². The number of alkyl halides is 3. The summed E-state index contributed by atoms with van der Waals surface area (Å²) in [6.45, 7) is 2.87. The van der Waals surface area contributed by atoms with Crippen LogP contribution in [0.3, 0.4) is 0 Å². The maximum absolute atomic E-state index is 13.2. The number of nitrogens with one attached hydrogen (secondary N) is 2. The number of halogens is 3. The fourth-order valence-electron chi connectivity index (χ4n) is 3.95. The highest BCUT2D eigenvalue weighted by atomic mass is 19.4. The third kappa shape index (κ3) is 7.79. The summed E-state index contributed by atoms with van der Waals surface area (Å²) in [4.78, 5) is 17.2. The number of hydrogen-bond donors (Lipinski definition) is 3. The van der Waals surface area contributed by atoms with E-state index in [1.807, 2.05) is 31.2 Å². The highest BCUT2D eigenvalue weighted by Crippen LogP contribution is 2.31. The monoisotopic (exact) mass is 531 g/mol. The van der Waals surface area contributed by atoms with Crippen molar-refractivity contribution in [2.24, 2.45) is 16.6 Å². The number of nitriles is 1. The van der Waals surface area contributed by atoms with Crippen LogP contribution in [-0.2, 0) is 4.79 Å². The summed E-state index contributed by atoms with van der Waals surface area (Å²) >= 11 is 0. The number of hydrogen-bond acceptors (Lipinski definition) is 5. The van der Waals surface area contributed by atoms with Crippen LogP contribution < -0.4 is 16.4 Å². The van der Waals surface area contributed by atoms with Crippen molar-refractivity contribution in [2.75, 3.05) is 11.9 Å². The van der Waals surface area contributed by atoms with E-state index in [4.69, 9.17) is 11.0 Å². The molecule has 6 nitrogen and oxygen atoms in total. The third-order valence-corrected chi connectivity index (χ3v) is 6.27. The van der Waals surface area contributed by atoms with Gasteiger partial charge in [0.1, 0.15) is 11.4 Å². The van der Waals surface area contributed by atoms with Crippen molar-refractivity contribution in [3.8, 4) is 6.07 Å². The van der Waals surface area contributed by atoms with E-state index in [1.54, 1.807) is 18.2 Å². The summed E-state index contributed by atoms with van der Waals surface area (Å²) in [5, 5.41) is 15.4. The van der Waals surface area contributed by atoms with Crippen LogP contribution in [0.4, 0.5) is 24.5 Å². The lowest BCUT2D eigenvalue weighted by Gasteiger charge is -2.21. The van der Waals surface area contributed by atoms with E-state index < -0.39 is 23.5 Å². The molecule has 0 aromatic heterocycles. The first kappa shape index (κ1) is 27.6. The Labute approximate surface area is 225 Å². The van der Waals surface area contributed by atoms with Gasteiger partial charge in [-0.15, -0.1) is 0 Å². The quantitative estimate of drug-likeness (QED) is 0.292. The number of benzene rings is 3. The zero-order valence-electron chi connectivity index (χ0n) is 21.3. The van der Waals surface area contributed by atoms with Crippen LogP contribution in [-0.4, -0.2) is 24.3 Å². The van der Waals surface area contributed by atoms with Gasteiger partial charge in [0, 0.05) is 5.69 Å². The number of rotatable bonds is 9. The Morgan fingerprint density at radius 1 is 1.10 bits per heavy atom. The lowest BCUT2D eigenvalue weighted by atomic mass is 9.97. The fraction of sp³-hybridized carbons (Fsp3) is 0.233. The second kappa shape index (κ2) is 12.0. The lowest BCUT2D eigenvalue weighted by Crippen LogP contribution is -2.27. The summed E-state index contributed by atoms with van der Waals surface area (Å²) < 4.78 is 39.6. The molecule has 4 N–H and O–H groups in total. The number of carbonyl (C=O) groups is 1. The molecule has 1 aliphatic rings. The normalized spacial score (nSPS) is 14.9. The van der Waals surface area contributed by atoms with Crippen LogP contribution in [0.5, 0.6) is 0 Å². The molecule has 0 saturated heterocycles. The minimum Gasteiger partial charge on any atom is -0.395 e. The van der Waals surface area contributed by atoms with Crippen molar-refractivity contribution in [1.82, 2.24) is 5.32 Å². The van der Waals surface area contributed by atoms with E-state index in [-0.39, 0.29) is 17.3 Å². The van der Waals surface area contributed by atoms with Gasteiger partial charge in [-0.3, -0.25) is 4.79 Å². The molecule has 0 bridgehead atoms. The Kier molecular flexibility index (Phi) is 8.47. The van der Waals surface area contributed by atoms with Crippen molar-refractivity contribution in [2.45, 2.75) is 32.0 Å². The van der Waals surface area contributed by atoms with Crippen molar-refractivity contribution in [1.29, 1.82) is 5.26 Å². The molecular formula is C30H28F3N5O. The standard InChI is InChI=1S/C30H28F3N5O/c1-19-8-12-22(13-9-19)28(36-18-20-10-11-20)23-5-3-7-25(15-23)38-29(39)26(16-27(35)30(31,32)33)37-24-6-2-4-21(14-24)17-34/h2-9,12-16,20,28,36H,10-11,18,35H2,1H3,(H,38,39). The first-order valence-electron chi connectivity index (χ1n) is 12.5. The van der Waals surface area contributed by atoms with E-state index in [1.165, 1.54) is 37.1 Å². The summed E-state index contributed by atoms with van der Waals surface area (Å²) in [6.07, 6.45) is -1.97. The predicted molar refractivity (Wildman–Crippen MR) is 145 cm³/mol. The SMILES string of the molecule is Cc1ccc(C(NCC2CC2)c2cccc(NC(=O)C(C=C(N)C(F)(F)F)=Nc3cccc(C#N)c3)c2)cc1. The van der Waals surface area contributed by atoms with Crippen LogP contribution in [0.25, 0.3) is 0 Å². The molecule has 9 heteroatoms. The van der Waals surface area contributed by atoms with Crippen LogP contribution in [0.1, 0.15) is 41.1 Å². The van der Waals surface area contributed by atoms with Crippen molar-refractivity contribution in [3.63, 3.8) is 0 Å². The van der Waals surface area contributed by atoms with E-state index in [9.17, 15) is 18.0 Å². The molecule has 200 valence electrons. The largest absolute Gasteiger partial charge is 0.430 e. The van der Waals surface area contributed by atoms with Crippen LogP contribution >= 0.6 is 0 Å². The second-order valence-electron chi connectivity index (χ2n) is 9.53. The molecule has 3 aromatic rings. The van der Waals surface area contributed by atoms with Gasteiger partial charge in [-0.1, -0.05) is 48.0 Å². The summed E-state index contributed by atoms with van der Waals surface area (Å²) in [5.41, 5.74) is 7.06. The molecule has 1 atom stereocenters. The van der Waals surface area contributed by atoms with Crippen molar-refractivity contribution >= 4 is 23.0 Å². The second-order valence-corrected chi connectivity index (χ2v) is 9.53. The Bertz CT molecular complexity index is 1430. The lowest BCUT2D eigenvalue weighted by molar-refractivity contribution is -0.110. The molecule has 1 saturated carbocycles. The van der Waals surface area contributed by atoms with Gasteiger partial charge in [-0.2, -0.15) is 18.4 Å². The molecule has 39 heavy (non-hydrogen) atoms. The van der Waals surface area contributed by atoms with Crippen LogP contribution in [0.15, 0.2) is 89.6 Å². The number of allylic oxidation sites excluding steroid dienone is 1. The Morgan fingerprint density at radius 3 is 2.49 bits per heavy atom. The van der Waals surface area contributed by atoms with Gasteiger partial charge in [0.15, 0.2) is 0 Å². The van der Waals surface area contributed by atoms with Gasteiger partial charge < -0.3 is 16.4 Å². The molecule has 1 fully saturated rings. The Balaban J connectivity index is 1.64. The molecule has 0 aliphatic heterocycles. The van der Waals surface area contributed by atoms with Gasteiger partial charge in [-0.05, 0) is 79.8 Å². The minimum atomic E-state index is -4.84. The van der Waals surface area contributed by atoms with Crippen LogP contribution in [0, 0.1) is 24.2 Å². The van der Waals surface area contributed by atoms with E-state index in [2.05, 4.69) is 27.8 Å². The predicted octanol–water partition coefficient (Wildman–Crippen LogP) is 6.07. The maximum atomic E-state index is 13.2. The first-order valence-corrected chi connectivity index (χ1v) is 12.5. The molecule has 1 unspecified atom stereocenters. The number of carbonyl (C=O) groups excluding carboxylic acids is 1. The average molecular weight is 532 g/mol. The zero-order valence-corrected chi connectivity index (χ0v) is 21.3. The number of amides is 1. The van der Waals surface area contributed by atoms with Crippen molar-refractivity contribution in [3.05, 3.63) is 107 Å². The first-order chi connectivity index (χ1) is 18.6. The van der Waals surface area contributed by atoms with E-state index in [0.717, 1.165) is 23.2 Å². The summed E-state index contributed by atoms with van der Waals surface area (Å²) in [5.74, 6) is -0.232. The number of anilines is 1. The average Bonchev–Trinajstić information content (AvgIpc) is 3.74.